The first kappa shape index (κ1) is 20.3. The lowest BCUT2D eigenvalue weighted by atomic mass is 9.97. The van der Waals surface area contributed by atoms with Gasteiger partial charge in [-0.15, -0.1) is 0 Å². The van der Waals surface area contributed by atoms with E-state index in [1.54, 1.807) is 28.6 Å². The molecule has 7 heteroatoms. The Bertz CT molecular complexity index is 717. The van der Waals surface area contributed by atoms with Gasteiger partial charge >= 0.3 is 0 Å². The van der Waals surface area contributed by atoms with E-state index >= 15 is 0 Å². The average Bonchev–Trinajstić information content (AvgIpc) is 2.91. The van der Waals surface area contributed by atoms with Gasteiger partial charge in [0.05, 0.1) is 4.90 Å². The van der Waals surface area contributed by atoms with Crippen molar-refractivity contribution in [1.82, 2.24) is 9.21 Å². The Morgan fingerprint density at radius 3 is 2.15 bits per heavy atom. The molecule has 2 aliphatic rings. The zero-order valence-corrected chi connectivity index (χ0v) is 17.0. The number of amides is 1. The highest BCUT2D eigenvalue weighted by atomic mass is 32.2. The van der Waals surface area contributed by atoms with Crippen LogP contribution in [0.25, 0.3) is 0 Å². The van der Waals surface area contributed by atoms with Gasteiger partial charge in [-0.2, -0.15) is 4.31 Å². The summed E-state index contributed by atoms with van der Waals surface area (Å²) in [6.45, 7) is 6.11. The summed E-state index contributed by atoms with van der Waals surface area (Å²) >= 11 is 0. The molecule has 0 bridgehead atoms. The molecule has 6 nitrogen and oxygen atoms in total. The summed E-state index contributed by atoms with van der Waals surface area (Å²) in [5.74, 6) is 0.425. The highest BCUT2D eigenvalue weighted by Crippen LogP contribution is 2.26. The molecular weight excluding hydrogens is 362 g/mol. The Morgan fingerprint density at radius 2 is 1.59 bits per heavy atom. The topological polar surface area (TPSA) is 69.7 Å². The highest BCUT2D eigenvalue weighted by molar-refractivity contribution is 7.89. The monoisotopic (exact) mass is 393 g/mol. The number of anilines is 1. The van der Waals surface area contributed by atoms with Gasteiger partial charge in [0.25, 0.3) is 0 Å². The molecule has 3 rings (SSSR count). The molecule has 0 saturated carbocycles. The number of likely N-dealkylation sites (tertiary alicyclic amines) is 1. The summed E-state index contributed by atoms with van der Waals surface area (Å²) in [5, 5.41) is 2.66. The molecule has 0 aliphatic carbocycles. The summed E-state index contributed by atoms with van der Waals surface area (Å²) in [6.07, 6.45) is 7.13. The van der Waals surface area contributed by atoms with Crippen LogP contribution >= 0.6 is 0 Å². The smallest absolute Gasteiger partial charge is 0.243 e. The molecule has 2 saturated heterocycles. The predicted molar refractivity (Wildman–Crippen MR) is 107 cm³/mol. The van der Waals surface area contributed by atoms with Crippen molar-refractivity contribution in [2.24, 2.45) is 5.92 Å². The lowest BCUT2D eigenvalue weighted by molar-refractivity contribution is -0.114. The average molecular weight is 394 g/mol. The quantitative estimate of drug-likeness (QED) is 0.835. The number of nitrogens with zero attached hydrogens (tertiary/aromatic N) is 2. The number of carbonyl (C=O) groups is 1. The minimum Gasteiger partial charge on any atom is -0.326 e. The summed E-state index contributed by atoms with van der Waals surface area (Å²) < 4.78 is 27.4. The van der Waals surface area contributed by atoms with Crippen LogP contribution in [0.15, 0.2) is 29.2 Å². The van der Waals surface area contributed by atoms with E-state index in [0.717, 1.165) is 19.4 Å². The summed E-state index contributed by atoms with van der Waals surface area (Å²) in [6, 6.07) is 6.43. The van der Waals surface area contributed by atoms with Crippen LogP contribution in [0.4, 0.5) is 5.69 Å². The fraction of sp³-hybridized carbons (Fsp3) is 0.650. The first-order valence-corrected chi connectivity index (χ1v) is 11.5. The van der Waals surface area contributed by atoms with Crippen molar-refractivity contribution in [1.29, 1.82) is 0 Å². The SMILES string of the molecule is CC(=O)Nc1ccc(S(=O)(=O)N2CCC(CN3CCCCCC3)CC2)cc1. The van der Waals surface area contributed by atoms with Crippen LogP contribution in [0.5, 0.6) is 0 Å². The van der Waals surface area contributed by atoms with E-state index in [2.05, 4.69) is 10.2 Å². The van der Waals surface area contributed by atoms with E-state index in [9.17, 15) is 13.2 Å². The van der Waals surface area contributed by atoms with E-state index < -0.39 is 10.0 Å². The van der Waals surface area contributed by atoms with E-state index in [1.165, 1.54) is 45.7 Å². The third kappa shape index (κ3) is 5.53. The Balaban J connectivity index is 1.55. The summed E-state index contributed by atoms with van der Waals surface area (Å²) in [7, 11) is -3.46. The van der Waals surface area contributed by atoms with Gasteiger partial charge in [-0.3, -0.25) is 4.79 Å². The normalized spacial score (nSPS) is 20.9. The minimum absolute atomic E-state index is 0.169. The molecule has 0 atom stereocenters. The Labute approximate surface area is 163 Å². The van der Waals surface area contributed by atoms with Crippen molar-refractivity contribution in [3.8, 4) is 0 Å². The Morgan fingerprint density at radius 1 is 1.00 bits per heavy atom. The number of piperidine rings is 1. The van der Waals surface area contributed by atoms with Crippen molar-refractivity contribution in [2.45, 2.75) is 50.3 Å². The maximum atomic E-state index is 12.9. The molecule has 0 radical (unpaired) electrons. The Hall–Kier alpha value is -1.44. The molecule has 2 aliphatic heterocycles. The van der Waals surface area contributed by atoms with Crippen molar-refractivity contribution >= 4 is 21.6 Å². The number of hydrogen-bond donors (Lipinski definition) is 1. The van der Waals surface area contributed by atoms with Gasteiger partial charge < -0.3 is 10.2 Å². The number of carbonyl (C=O) groups excluding carboxylic acids is 1. The van der Waals surface area contributed by atoms with Crippen LogP contribution < -0.4 is 5.32 Å². The first-order valence-electron chi connectivity index (χ1n) is 10.1. The molecule has 1 aromatic rings. The molecule has 0 aromatic heterocycles. The van der Waals surface area contributed by atoms with Gasteiger partial charge in [0.15, 0.2) is 0 Å². The van der Waals surface area contributed by atoms with Crippen molar-refractivity contribution in [2.75, 3.05) is 38.0 Å². The van der Waals surface area contributed by atoms with Crippen molar-refractivity contribution in [3.05, 3.63) is 24.3 Å². The molecule has 2 heterocycles. The van der Waals surface area contributed by atoms with Crippen LogP contribution in [0.1, 0.15) is 45.4 Å². The molecule has 0 spiro atoms. The molecule has 1 aromatic carbocycles. The number of rotatable bonds is 5. The zero-order chi connectivity index (χ0) is 19.3. The predicted octanol–water partition coefficient (Wildman–Crippen LogP) is 2.92. The number of benzene rings is 1. The maximum absolute atomic E-state index is 12.9. The van der Waals surface area contributed by atoms with Crippen LogP contribution in [0.3, 0.4) is 0 Å². The fourth-order valence-electron chi connectivity index (χ4n) is 4.08. The van der Waals surface area contributed by atoms with E-state index in [4.69, 9.17) is 0 Å². The number of hydrogen-bond acceptors (Lipinski definition) is 4. The van der Waals surface area contributed by atoms with Gasteiger partial charge in [0.1, 0.15) is 0 Å². The number of sulfonamides is 1. The molecule has 150 valence electrons. The molecule has 27 heavy (non-hydrogen) atoms. The minimum atomic E-state index is -3.46. The number of nitrogens with one attached hydrogen (secondary N) is 1. The van der Waals surface area contributed by atoms with Crippen LogP contribution in [-0.2, 0) is 14.8 Å². The maximum Gasteiger partial charge on any atom is 0.243 e. The second-order valence-corrected chi connectivity index (χ2v) is 9.71. The van der Waals surface area contributed by atoms with Crippen molar-refractivity contribution in [3.63, 3.8) is 0 Å². The second-order valence-electron chi connectivity index (χ2n) is 7.77. The van der Waals surface area contributed by atoms with Gasteiger partial charge in [-0.1, -0.05) is 12.8 Å². The van der Waals surface area contributed by atoms with E-state index in [-0.39, 0.29) is 5.91 Å². The van der Waals surface area contributed by atoms with Gasteiger partial charge in [-0.05, 0) is 69.0 Å². The summed E-state index contributed by atoms with van der Waals surface area (Å²) in [4.78, 5) is 14.0. The third-order valence-electron chi connectivity index (χ3n) is 5.60. The van der Waals surface area contributed by atoms with Crippen molar-refractivity contribution < 1.29 is 13.2 Å². The van der Waals surface area contributed by atoms with Gasteiger partial charge in [0.2, 0.25) is 15.9 Å². The standard InChI is InChI=1S/C20H31N3O3S/c1-17(24)21-19-6-8-20(9-7-19)27(25,26)23-14-10-18(11-15-23)16-22-12-4-2-3-5-13-22/h6-9,18H,2-5,10-16H2,1H3,(H,21,24). The van der Waals surface area contributed by atoms with Crippen LogP contribution in [-0.4, -0.2) is 56.3 Å². The van der Waals surface area contributed by atoms with E-state index in [1.807, 2.05) is 0 Å². The molecule has 2 fully saturated rings. The highest BCUT2D eigenvalue weighted by Gasteiger charge is 2.30. The van der Waals surface area contributed by atoms with Gasteiger partial charge in [-0.25, -0.2) is 8.42 Å². The lowest BCUT2D eigenvalue weighted by Gasteiger charge is -2.34. The third-order valence-corrected chi connectivity index (χ3v) is 7.51. The molecule has 1 amide bonds. The Kier molecular flexibility index (Phi) is 6.89. The fourth-order valence-corrected chi connectivity index (χ4v) is 5.55. The van der Waals surface area contributed by atoms with Crippen LogP contribution in [0.2, 0.25) is 0 Å². The molecular formula is C20H31N3O3S. The second kappa shape index (κ2) is 9.17. The largest absolute Gasteiger partial charge is 0.326 e. The summed E-state index contributed by atoms with van der Waals surface area (Å²) in [5.41, 5.74) is 0.609. The lowest BCUT2D eigenvalue weighted by Crippen LogP contribution is -2.41. The zero-order valence-electron chi connectivity index (χ0n) is 16.2. The molecule has 1 N–H and O–H groups in total. The van der Waals surface area contributed by atoms with Crippen LogP contribution in [0, 0.1) is 5.92 Å². The molecule has 0 unspecified atom stereocenters. The van der Waals surface area contributed by atoms with E-state index in [0.29, 0.717) is 29.6 Å². The first-order chi connectivity index (χ1) is 12.9. The van der Waals surface area contributed by atoms with Gasteiger partial charge in [0, 0.05) is 32.2 Å².